The fraction of sp³-hybridized carbons (Fsp3) is 0.269. The fourth-order valence-electron chi connectivity index (χ4n) is 4.50. The summed E-state index contributed by atoms with van der Waals surface area (Å²) in [6.07, 6.45) is 6.31. The van der Waals surface area contributed by atoms with E-state index in [1.54, 1.807) is 19.6 Å². The smallest absolute Gasteiger partial charge is 0.273 e. The molecular formula is C26H27N5O3. The van der Waals surface area contributed by atoms with Crippen molar-refractivity contribution in [2.24, 2.45) is 0 Å². The van der Waals surface area contributed by atoms with E-state index in [1.807, 2.05) is 71.1 Å². The summed E-state index contributed by atoms with van der Waals surface area (Å²) in [5.41, 5.74) is 4.19. The highest BCUT2D eigenvalue weighted by atomic mass is 16.5. The Morgan fingerprint density at radius 1 is 1.03 bits per heavy atom. The Labute approximate surface area is 198 Å². The van der Waals surface area contributed by atoms with Gasteiger partial charge in [0.2, 0.25) is 0 Å². The Bertz CT molecular complexity index is 1250. The fourth-order valence-corrected chi connectivity index (χ4v) is 4.50. The van der Waals surface area contributed by atoms with Gasteiger partial charge in [0.05, 0.1) is 31.8 Å². The van der Waals surface area contributed by atoms with Crippen molar-refractivity contribution in [2.45, 2.75) is 25.9 Å². The van der Waals surface area contributed by atoms with E-state index in [1.165, 1.54) is 0 Å². The molecule has 0 spiro atoms. The van der Waals surface area contributed by atoms with E-state index >= 15 is 0 Å². The van der Waals surface area contributed by atoms with E-state index in [2.05, 4.69) is 15.2 Å². The summed E-state index contributed by atoms with van der Waals surface area (Å²) < 4.78 is 13.0. The molecule has 3 heterocycles. The number of methoxy groups -OCH3 is 1. The van der Waals surface area contributed by atoms with Crippen molar-refractivity contribution in [1.29, 1.82) is 0 Å². The zero-order valence-electron chi connectivity index (χ0n) is 19.3. The maximum Gasteiger partial charge on any atom is 0.273 e. The average molecular weight is 458 g/mol. The molecule has 1 unspecified atom stereocenters. The van der Waals surface area contributed by atoms with Crippen LogP contribution < -0.4 is 9.47 Å². The first-order chi connectivity index (χ1) is 16.7. The van der Waals surface area contributed by atoms with Gasteiger partial charge >= 0.3 is 0 Å². The van der Waals surface area contributed by atoms with E-state index in [-0.39, 0.29) is 11.9 Å². The minimum atomic E-state index is -0.239. The Kier molecular flexibility index (Phi) is 6.03. The van der Waals surface area contributed by atoms with Gasteiger partial charge in [0.1, 0.15) is 17.2 Å². The van der Waals surface area contributed by atoms with Gasteiger partial charge in [-0.05, 0) is 55.3 Å². The molecule has 0 fully saturated rings. The third kappa shape index (κ3) is 4.03. The van der Waals surface area contributed by atoms with E-state index in [4.69, 9.17) is 9.47 Å². The second-order valence-corrected chi connectivity index (χ2v) is 8.15. The molecule has 5 rings (SSSR count). The molecule has 0 saturated heterocycles. The number of carbonyl (C=O) groups is 1. The normalized spacial score (nSPS) is 14.9. The molecule has 0 bridgehead atoms. The van der Waals surface area contributed by atoms with Crippen molar-refractivity contribution in [2.75, 3.05) is 20.3 Å². The minimum absolute atomic E-state index is 0.0354. The third-order valence-electron chi connectivity index (χ3n) is 6.11. The van der Waals surface area contributed by atoms with Crippen LogP contribution in [0.25, 0.3) is 11.3 Å². The van der Waals surface area contributed by atoms with Crippen molar-refractivity contribution in [1.82, 2.24) is 24.6 Å². The van der Waals surface area contributed by atoms with Crippen LogP contribution in [0.4, 0.5) is 0 Å². The average Bonchev–Trinajstić information content (AvgIpc) is 3.59. The van der Waals surface area contributed by atoms with Gasteiger partial charge < -0.3 is 18.9 Å². The predicted molar refractivity (Wildman–Crippen MR) is 128 cm³/mol. The maximum atomic E-state index is 13.5. The molecule has 34 heavy (non-hydrogen) atoms. The van der Waals surface area contributed by atoms with E-state index in [0.29, 0.717) is 18.8 Å². The molecule has 1 aliphatic heterocycles. The third-order valence-corrected chi connectivity index (χ3v) is 6.11. The summed E-state index contributed by atoms with van der Waals surface area (Å²) in [6, 6.07) is 15.5. The minimum Gasteiger partial charge on any atom is -0.497 e. The van der Waals surface area contributed by atoms with Crippen molar-refractivity contribution >= 4 is 5.91 Å². The van der Waals surface area contributed by atoms with Crippen molar-refractivity contribution < 1.29 is 14.3 Å². The summed E-state index contributed by atoms with van der Waals surface area (Å²) in [6.45, 7) is 3.97. The second-order valence-electron chi connectivity index (χ2n) is 8.15. The number of fused-ring (bicyclic) bond motifs is 1. The highest BCUT2D eigenvalue weighted by molar-refractivity contribution is 6.00. The molecule has 1 amide bonds. The van der Waals surface area contributed by atoms with E-state index in [0.717, 1.165) is 46.8 Å². The molecule has 4 aromatic rings. The Morgan fingerprint density at radius 3 is 2.47 bits per heavy atom. The van der Waals surface area contributed by atoms with Crippen LogP contribution in [0.2, 0.25) is 0 Å². The number of amides is 1. The van der Waals surface area contributed by atoms with Gasteiger partial charge in [0.15, 0.2) is 0 Å². The number of imidazole rings is 1. The zero-order chi connectivity index (χ0) is 23.5. The molecule has 2 aromatic carbocycles. The molecule has 1 N–H and O–H groups in total. The largest absolute Gasteiger partial charge is 0.497 e. The summed E-state index contributed by atoms with van der Waals surface area (Å²) in [7, 11) is 1.64. The van der Waals surface area contributed by atoms with Crippen LogP contribution in [0.1, 0.15) is 41.0 Å². The van der Waals surface area contributed by atoms with Crippen LogP contribution in [0.15, 0.2) is 67.3 Å². The number of hydrogen-bond acceptors (Lipinski definition) is 5. The zero-order valence-corrected chi connectivity index (χ0v) is 19.3. The quantitative estimate of drug-likeness (QED) is 0.405. The number of nitrogens with zero attached hydrogens (tertiary/aromatic N) is 4. The van der Waals surface area contributed by atoms with Gasteiger partial charge in [0.25, 0.3) is 5.91 Å². The first-order valence-electron chi connectivity index (χ1n) is 11.4. The molecule has 0 radical (unpaired) electrons. The Balaban J connectivity index is 1.50. The highest BCUT2D eigenvalue weighted by Crippen LogP contribution is 2.43. The standard InChI is InChI=1S/C26H27N5O3/c1-3-34-21-11-7-19(8-12-21)25-22-23(18-5-9-20(33-2)10-6-18)28-29-24(22)26(32)31(25)15-4-14-30-16-13-27-17-30/h5-13,16-17,25H,3-4,14-15H2,1-2H3,(H,28,29). The molecule has 2 aromatic heterocycles. The van der Waals surface area contributed by atoms with E-state index in [9.17, 15) is 4.79 Å². The molecule has 8 nitrogen and oxygen atoms in total. The van der Waals surface area contributed by atoms with Gasteiger partial charge in [-0.2, -0.15) is 5.10 Å². The maximum absolute atomic E-state index is 13.5. The highest BCUT2D eigenvalue weighted by Gasteiger charge is 2.41. The van der Waals surface area contributed by atoms with Crippen LogP contribution >= 0.6 is 0 Å². The van der Waals surface area contributed by atoms with Crippen LogP contribution in [0.5, 0.6) is 11.5 Å². The van der Waals surface area contributed by atoms with Crippen LogP contribution in [-0.4, -0.2) is 50.8 Å². The SMILES string of the molecule is CCOc1ccc(C2c3c(-c4ccc(OC)cc4)n[nH]c3C(=O)N2CCCn2ccnc2)cc1. The number of H-pyrrole nitrogens is 1. The lowest BCUT2D eigenvalue weighted by molar-refractivity contribution is 0.0739. The van der Waals surface area contributed by atoms with Crippen molar-refractivity contribution in [3.05, 3.63) is 84.1 Å². The first kappa shape index (κ1) is 21.8. The topological polar surface area (TPSA) is 85.3 Å². The number of benzene rings is 2. The molecule has 174 valence electrons. The van der Waals surface area contributed by atoms with Gasteiger partial charge in [-0.1, -0.05) is 12.1 Å². The first-order valence-corrected chi connectivity index (χ1v) is 11.4. The number of carbonyl (C=O) groups excluding carboxylic acids is 1. The summed E-state index contributed by atoms with van der Waals surface area (Å²) in [5, 5.41) is 7.56. The number of ether oxygens (including phenoxy) is 2. The van der Waals surface area contributed by atoms with Crippen molar-refractivity contribution in [3.63, 3.8) is 0 Å². The molecule has 8 heteroatoms. The number of aromatic nitrogens is 4. The summed E-state index contributed by atoms with van der Waals surface area (Å²) >= 11 is 0. The molecule has 0 aliphatic carbocycles. The monoisotopic (exact) mass is 457 g/mol. The molecule has 0 saturated carbocycles. The van der Waals surface area contributed by atoms with Crippen molar-refractivity contribution in [3.8, 4) is 22.8 Å². The molecule has 1 atom stereocenters. The van der Waals surface area contributed by atoms with Crippen LogP contribution in [0.3, 0.4) is 0 Å². The number of rotatable bonds is 9. The molecular weight excluding hydrogens is 430 g/mol. The Hall–Kier alpha value is -4.07. The number of nitrogens with one attached hydrogen (secondary N) is 1. The lowest BCUT2D eigenvalue weighted by Crippen LogP contribution is -2.31. The summed E-state index contributed by atoms with van der Waals surface area (Å²) in [5.74, 6) is 1.55. The predicted octanol–water partition coefficient (Wildman–Crippen LogP) is 4.32. The summed E-state index contributed by atoms with van der Waals surface area (Å²) in [4.78, 5) is 19.5. The number of aromatic amines is 1. The van der Waals surface area contributed by atoms with Crippen LogP contribution in [-0.2, 0) is 6.54 Å². The van der Waals surface area contributed by atoms with E-state index < -0.39 is 0 Å². The Morgan fingerprint density at radius 2 is 1.79 bits per heavy atom. The number of aryl methyl sites for hydroxylation is 1. The van der Waals surface area contributed by atoms with Gasteiger partial charge in [-0.25, -0.2) is 4.98 Å². The molecule has 1 aliphatic rings. The lowest BCUT2D eigenvalue weighted by atomic mass is 9.96. The number of hydrogen-bond donors (Lipinski definition) is 1. The van der Waals surface area contributed by atoms with Gasteiger partial charge in [0, 0.05) is 36.6 Å². The van der Waals surface area contributed by atoms with Crippen LogP contribution in [0, 0.1) is 0 Å². The van der Waals surface area contributed by atoms with Gasteiger partial charge in [-0.3, -0.25) is 9.89 Å². The van der Waals surface area contributed by atoms with Gasteiger partial charge in [-0.15, -0.1) is 0 Å². The lowest BCUT2D eigenvalue weighted by Gasteiger charge is -2.26. The second kappa shape index (κ2) is 9.43.